The lowest BCUT2D eigenvalue weighted by Gasteiger charge is -2.36. The average molecular weight is 434 g/mol. The molecule has 1 aromatic carbocycles. The van der Waals surface area contributed by atoms with Gasteiger partial charge in [-0.1, -0.05) is 11.6 Å². The van der Waals surface area contributed by atoms with Crippen molar-refractivity contribution < 1.29 is 13.2 Å². The van der Waals surface area contributed by atoms with Crippen molar-refractivity contribution in [2.75, 3.05) is 44.7 Å². The van der Waals surface area contributed by atoms with Gasteiger partial charge in [0.2, 0.25) is 15.9 Å². The lowest BCUT2D eigenvalue weighted by Crippen LogP contribution is -2.51. The van der Waals surface area contributed by atoms with Gasteiger partial charge in [0.05, 0.1) is 28.1 Å². The Labute approximate surface area is 175 Å². The van der Waals surface area contributed by atoms with Crippen LogP contribution in [0.25, 0.3) is 0 Å². The summed E-state index contributed by atoms with van der Waals surface area (Å²) in [6, 6.07) is 11.2. The minimum absolute atomic E-state index is 0.0467. The van der Waals surface area contributed by atoms with Gasteiger partial charge in [-0.15, -0.1) is 0 Å². The third kappa shape index (κ3) is 4.85. The number of piperazine rings is 1. The second kappa shape index (κ2) is 8.78. The van der Waals surface area contributed by atoms with Crippen molar-refractivity contribution in [3.8, 4) is 6.07 Å². The maximum atomic E-state index is 12.7. The molecule has 0 N–H and O–H groups in total. The number of hydrogen-bond donors (Lipinski definition) is 0. The number of halogens is 1. The fourth-order valence-corrected chi connectivity index (χ4v) is 4.23. The molecule has 0 aliphatic carbocycles. The van der Waals surface area contributed by atoms with Crippen LogP contribution in [0.5, 0.6) is 0 Å². The molecule has 0 bridgehead atoms. The van der Waals surface area contributed by atoms with Crippen LogP contribution in [0.1, 0.15) is 5.56 Å². The van der Waals surface area contributed by atoms with Gasteiger partial charge in [0, 0.05) is 39.4 Å². The number of aromatic nitrogens is 1. The van der Waals surface area contributed by atoms with Gasteiger partial charge in [-0.3, -0.25) is 4.79 Å². The number of amides is 1. The zero-order valence-corrected chi connectivity index (χ0v) is 17.4. The van der Waals surface area contributed by atoms with Crippen LogP contribution in [0.4, 0.5) is 5.82 Å². The highest BCUT2D eigenvalue weighted by Crippen LogP contribution is 2.18. The number of rotatable bonds is 5. The summed E-state index contributed by atoms with van der Waals surface area (Å²) in [4.78, 5) is 20.6. The molecular formula is C19H20ClN5O3S. The molecular weight excluding hydrogens is 414 g/mol. The maximum absolute atomic E-state index is 12.7. The van der Waals surface area contributed by atoms with E-state index < -0.39 is 10.0 Å². The molecule has 10 heteroatoms. The number of anilines is 1. The number of likely N-dealkylation sites (N-methyl/N-ethyl adjacent to an activating group) is 1. The molecule has 2 aromatic rings. The summed E-state index contributed by atoms with van der Waals surface area (Å²) in [5, 5.41) is 9.40. The van der Waals surface area contributed by atoms with E-state index in [0.29, 0.717) is 36.8 Å². The third-order valence-electron chi connectivity index (χ3n) is 4.72. The molecule has 1 aliphatic heterocycles. The molecule has 29 heavy (non-hydrogen) atoms. The van der Waals surface area contributed by atoms with Crippen molar-refractivity contribution in [1.82, 2.24) is 14.2 Å². The summed E-state index contributed by atoms with van der Waals surface area (Å²) in [5.74, 6) is 0.537. The standard InChI is InChI=1S/C19H20ClN5O3S/c1-23(29(27,28)17-5-2-15(12-21)3-6-17)14-19(26)25-10-8-24(9-11-25)18-7-4-16(20)13-22-18/h2-7,13H,8-11,14H2,1H3. The number of nitrogens with zero attached hydrogens (tertiary/aromatic N) is 5. The molecule has 3 rings (SSSR count). The van der Waals surface area contributed by atoms with Crippen LogP contribution < -0.4 is 4.90 Å². The maximum Gasteiger partial charge on any atom is 0.243 e. The smallest absolute Gasteiger partial charge is 0.243 e. The van der Waals surface area contributed by atoms with E-state index in [1.807, 2.05) is 12.1 Å². The van der Waals surface area contributed by atoms with Gasteiger partial charge in [0.15, 0.2) is 0 Å². The molecule has 1 aromatic heterocycles. The average Bonchev–Trinajstić information content (AvgIpc) is 2.74. The molecule has 1 amide bonds. The second-order valence-corrected chi connectivity index (χ2v) is 9.08. The predicted octanol–water partition coefficient (Wildman–Crippen LogP) is 1.58. The summed E-state index contributed by atoms with van der Waals surface area (Å²) < 4.78 is 26.4. The van der Waals surface area contributed by atoms with Crippen molar-refractivity contribution in [3.05, 3.63) is 53.2 Å². The normalized spacial score (nSPS) is 14.7. The van der Waals surface area contributed by atoms with E-state index in [2.05, 4.69) is 9.88 Å². The number of pyridine rings is 1. The fourth-order valence-electron chi connectivity index (χ4n) is 3.00. The lowest BCUT2D eigenvalue weighted by molar-refractivity contribution is -0.131. The van der Waals surface area contributed by atoms with Gasteiger partial charge in [-0.2, -0.15) is 9.57 Å². The van der Waals surface area contributed by atoms with Crippen LogP contribution in [-0.4, -0.2) is 68.3 Å². The van der Waals surface area contributed by atoms with Crippen LogP contribution >= 0.6 is 11.6 Å². The van der Waals surface area contributed by atoms with Crippen LogP contribution in [0, 0.1) is 11.3 Å². The van der Waals surface area contributed by atoms with Crippen molar-refractivity contribution >= 4 is 33.3 Å². The summed E-state index contributed by atoms with van der Waals surface area (Å²) in [5.41, 5.74) is 0.371. The molecule has 0 spiro atoms. The SMILES string of the molecule is CN(CC(=O)N1CCN(c2ccc(Cl)cn2)CC1)S(=O)(=O)c1ccc(C#N)cc1. The summed E-state index contributed by atoms with van der Waals surface area (Å²) >= 11 is 5.86. The zero-order chi connectivity index (χ0) is 21.0. The summed E-state index contributed by atoms with van der Waals surface area (Å²) in [6.45, 7) is 1.92. The van der Waals surface area contributed by atoms with Gasteiger partial charge in [0.25, 0.3) is 0 Å². The van der Waals surface area contributed by atoms with Gasteiger partial charge in [0.1, 0.15) is 5.82 Å². The Kier molecular flexibility index (Phi) is 6.37. The Bertz CT molecular complexity index is 1010. The first-order valence-electron chi connectivity index (χ1n) is 8.92. The Morgan fingerprint density at radius 1 is 1.17 bits per heavy atom. The van der Waals surface area contributed by atoms with E-state index in [4.69, 9.17) is 16.9 Å². The van der Waals surface area contributed by atoms with Crippen LogP contribution in [0.2, 0.25) is 5.02 Å². The number of carbonyl (C=O) groups excluding carboxylic acids is 1. The molecule has 152 valence electrons. The topological polar surface area (TPSA) is 97.6 Å². The number of benzene rings is 1. The van der Waals surface area contributed by atoms with E-state index in [1.54, 1.807) is 17.2 Å². The second-order valence-electron chi connectivity index (χ2n) is 6.60. The molecule has 2 heterocycles. The van der Waals surface area contributed by atoms with E-state index in [9.17, 15) is 13.2 Å². The molecule has 0 atom stereocenters. The van der Waals surface area contributed by atoms with E-state index in [0.717, 1.165) is 10.1 Å². The van der Waals surface area contributed by atoms with Gasteiger partial charge >= 0.3 is 0 Å². The minimum atomic E-state index is -3.81. The highest BCUT2D eigenvalue weighted by molar-refractivity contribution is 7.89. The highest BCUT2D eigenvalue weighted by Gasteiger charge is 2.27. The first-order chi connectivity index (χ1) is 13.8. The molecule has 8 nitrogen and oxygen atoms in total. The molecule has 0 unspecified atom stereocenters. The quantitative estimate of drug-likeness (QED) is 0.710. The zero-order valence-electron chi connectivity index (χ0n) is 15.8. The minimum Gasteiger partial charge on any atom is -0.353 e. The Morgan fingerprint density at radius 3 is 2.38 bits per heavy atom. The molecule has 0 radical (unpaired) electrons. The Hall–Kier alpha value is -2.67. The highest BCUT2D eigenvalue weighted by atomic mass is 35.5. The van der Waals surface area contributed by atoms with E-state index >= 15 is 0 Å². The lowest BCUT2D eigenvalue weighted by atomic mass is 10.2. The third-order valence-corrected chi connectivity index (χ3v) is 6.76. The van der Waals surface area contributed by atoms with Crippen LogP contribution in [0.3, 0.4) is 0 Å². The molecule has 1 saturated heterocycles. The first-order valence-corrected chi connectivity index (χ1v) is 10.7. The molecule has 0 saturated carbocycles. The summed E-state index contributed by atoms with van der Waals surface area (Å²) in [7, 11) is -2.44. The van der Waals surface area contributed by atoms with Gasteiger partial charge in [-0.25, -0.2) is 13.4 Å². The first kappa shape index (κ1) is 21.0. The Morgan fingerprint density at radius 2 is 1.83 bits per heavy atom. The molecule has 1 aliphatic rings. The number of nitriles is 1. The number of hydrogen-bond acceptors (Lipinski definition) is 6. The van der Waals surface area contributed by atoms with Crippen molar-refractivity contribution in [2.24, 2.45) is 0 Å². The summed E-state index contributed by atoms with van der Waals surface area (Å²) in [6.07, 6.45) is 1.58. The fraction of sp³-hybridized carbons (Fsp3) is 0.316. The predicted molar refractivity (Wildman–Crippen MR) is 109 cm³/mol. The van der Waals surface area contributed by atoms with Crippen molar-refractivity contribution in [2.45, 2.75) is 4.90 Å². The van der Waals surface area contributed by atoms with Crippen molar-refractivity contribution in [1.29, 1.82) is 5.26 Å². The number of sulfonamides is 1. The van der Waals surface area contributed by atoms with Gasteiger partial charge < -0.3 is 9.80 Å². The van der Waals surface area contributed by atoms with Crippen LogP contribution in [-0.2, 0) is 14.8 Å². The van der Waals surface area contributed by atoms with Crippen LogP contribution in [0.15, 0.2) is 47.5 Å². The Balaban J connectivity index is 1.58. The van der Waals surface area contributed by atoms with E-state index in [1.165, 1.54) is 31.3 Å². The number of carbonyl (C=O) groups is 1. The van der Waals surface area contributed by atoms with E-state index in [-0.39, 0.29) is 17.3 Å². The van der Waals surface area contributed by atoms with Crippen molar-refractivity contribution in [3.63, 3.8) is 0 Å². The van der Waals surface area contributed by atoms with Gasteiger partial charge in [-0.05, 0) is 36.4 Å². The largest absolute Gasteiger partial charge is 0.353 e. The monoisotopic (exact) mass is 433 g/mol. The molecule has 1 fully saturated rings.